The van der Waals surface area contributed by atoms with Crippen LogP contribution in [0.25, 0.3) is 0 Å². The fraction of sp³-hybridized carbons (Fsp3) is 0.600. The van der Waals surface area contributed by atoms with Gasteiger partial charge in [-0.3, -0.25) is 14.3 Å². The summed E-state index contributed by atoms with van der Waals surface area (Å²) in [6, 6.07) is 1.27. The quantitative estimate of drug-likeness (QED) is 0.739. The number of hydrogen-bond donors (Lipinski definition) is 1. The largest absolute Gasteiger partial charge is 0.329 e. The molecule has 0 aliphatic heterocycles. The zero-order valence-corrected chi connectivity index (χ0v) is 9.41. The summed E-state index contributed by atoms with van der Waals surface area (Å²) in [5.74, 6) is 0.932. The summed E-state index contributed by atoms with van der Waals surface area (Å²) in [5.41, 5.74) is -0.719. The van der Waals surface area contributed by atoms with Gasteiger partial charge in [-0.2, -0.15) is 0 Å². The van der Waals surface area contributed by atoms with Crippen molar-refractivity contribution < 1.29 is 0 Å². The maximum atomic E-state index is 11.6. The van der Waals surface area contributed by atoms with E-state index >= 15 is 0 Å². The molecule has 1 aromatic heterocycles. The molecule has 1 aliphatic carbocycles. The van der Waals surface area contributed by atoms with Crippen LogP contribution in [0, 0.1) is 11.8 Å². The first-order valence-electron chi connectivity index (χ1n) is 5.02. The van der Waals surface area contributed by atoms with Crippen molar-refractivity contribution in [3.8, 4) is 0 Å². The summed E-state index contributed by atoms with van der Waals surface area (Å²) in [7, 11) is 0. The second-order valence-corrected chi connectivity index (χ2v) is 4.68. The minimum atomic E-state index is -0.406. The molecule has 1 fully saturated rings. The molecule has 1 saturated carbocycles. The zero-order valence-electron chi connectivity index (χ0n) is 8.66. The second kappa shape index (κ2) is 3.52. The molecule has 1 heterocycles. The molecular weight excluding hydrogens is 216 g/mol. The van der Waals surface area contributed by atoms with Crippen LogP contribution in [0.1, 0.15) is 26.3 Å². The maximum absolute atomic E-state index is 11.6. The number of halogens is 1. The number of nitrogens with zero attached hydrogens (tertiary/aromatic N) is 1. The molecule has 2 rings (SSSR count). The van der Waals surface area contributed by atoms with Crippen molar-refractivity contribution in [2.45, 2.75) is 26.3 Å². The SMILES string of the molecule is CC1CC(n2c(=O)cc(Cl)[nH]c2=O)C1C. The summed E-state index contributed by atoms with van der Waals surface area (Å²) < 4.78 is 1.27. The van der Waals surface area contributed by atoms with Gasteiger partial charge in [-0.15, -0.1) is 0 Å². The highest BCUT2D eigenvalue weighted by Crippen LogP contribution is 2.41. The minimum Gasteiger partial charge on any atom is -0.298 e. The summed E-state index contributed by atoms with van der Waals surface area (Å²) in [6.45, 7) is 4.18. The van der Waals surface area contributed by atoms with Gasteiger partial charge in [0.15, 0.2) is 0 Å². The molecular formula is C10H13ClN2O2. The Labute approximate surface area is 91.9 Å². The van der Waals surface area contributed by atoms with Gasteiger partial charge in [0.05, 0.1) is 0 Å². The molecule has 0 aromatic carbocycles. The first kappa shape index (κ1) is 10.5. The Balaban J connectivity index is 2.46. The lowest BCUT2D eigenvalue weighted by atomic mass is 9.71. The normalized spacial score (nSPS) is 29.9. The van der Waals surface area contributed by atoms with Gasteiger partial charge in [0, 0.05) is 12.1 Å². The maximum Gasteiger partial charge on any atom is 0.329 e. The molecule has 0 amide bonds. The Morgan fingerprint density at radius 2 is 2.13 bits per heavy atom. The van der Waals surface area contributed by atoms with Crippen molar-refractivity contribution in [3.05, 3.63) is 32.1 Å². The van der Waals surface area contributed by atoms with Crippen LogP contribution < -0.4 is 11.2 Å². The van der Waals surface area contributed by atoms with Gasteiger partial charge in [-0.1, -0.05) is 25.4 Å². The number of aromatic nitrogens is 2. The highest BCUT2D eigenvalue weighted by molar-refractivity contribution is 6.29. The van der Waals surface area contributed by atoms with Gasteiger partial charge < -0.3 is 0 Å². The lowest BCUT2D eigenvalue weighted by Gasteiger charge is -2.41. The van der Waals surface area contributed by atoms with Crippen molar-refractivity contribution in [3.63, 3.8) is 0 Å². The molecule has 5 heteroatoms. The van der Waals surface area contributed by atoms with Crippen molar-refractivity contribution in [2.75, 3.05) is 0 Å². The Kier molecular flexibility index (Phi) is 2.46. The van der Waals surface area contributed by atoms with E-state index in [9.17, 15) is 9.59 Å². The molecule has 1 aromatic rings. The molecule has 0 saturated heterocycles. The lowest BCUT2D eigenvalue weighted by Crippen LogP contribution is -2.46. The number of H-pyrrole nitrogens is 1. The van der Waals surface area contributed by atoms with E-state index in [0.717, 1.165) is 6.42 Å². The fourth-order valence-electron chi connectivity index (χ4n) is 2.12. The van der Waals surface area contributed by atoms with Crippen LogP contribution in [0.4, 0.5) is 0 Å². The predicted molar refractivity (Wildman–Crippen MR) is 58.3 cm³/mol. The Morgan fingerprint density at radius 3 is 2.60 bits per heavy atom. The smallest absolute Gasteiger partial charge is 0.298 e. The number of hydrogen-bond acceptors (Lipinski definition) is 2. The molecule has 1 N–H and O–H groups in total. The summed E-state index contributed by atoms with van der Waals surface area (Å²) >= 11 is 5.58. The van der Waals surface area contributed by atoms with Gasteiger partial charge in [-0.25, -0.2) is 4.79 Å². The van der Waals surface area contributed by atoms with Crippen molar-refractivity contribution in [2.24, 2.45) is 11.8 Å². The lowest BCUT2D eigenvalue weighted by molar-refractivity contribution is 0.104. The van der Waals surface area contributed by atoms with Crippen molar-refractivity contribution in [1.82, 2.24) is 9.55 Å². The van der Waals surface area contributed by atoms with E-state index in [1.165, 1.54) is 10.6 Å². The zero-order chi connectivity index (χ0) is 11.2. The van der Waals surface area contributed by atoms with Crippen LogP contribution in [0.2, 0.25) is 5.15 Å². The molecule has 82 valence electrons. The van der Waals surface area contributed by atoms with E-state index in [1.54, 1.807) is 0 Å². The molecule has 0 bridgehead atoms. The molecule has 1 aliphatic rings. The van der Waals surface area contributed by atoms with Gasteiger partial charge >= 0.3 is 5.69 Å². The van der Waals surface area contributed by atoms with Gasteiger partial charge in [0.25, 0.3) is 5.56 Å². The Hall–Kier alpha value is -1.03. The highest BCUT2D eigenvalue weighted by atomic mass is 35.5. The molecule has 3 unspecified atom stereocenters. The average Bonchev–Trinajstić information content (AvgIpc) is 2.15. The topological polar surface area (TPSA) is 54.9 Å². The number of nitrogens with one attached hydrogen (secondary N) is 1. The van der Waals surface area contributed by atoms with E-state index in [4.69, 9.17) is 11.6 Å². The number of aromatic amines is 1. The third-order valence-corrected chi connectivity index (χ3v) is 3.59. The van der Waals surface area contributed by atoms with E-state index in [-0.39, 0.29) is 16.8 Å². The van der Waals surface area contributed by atoms with Gasteiger partial charge in [0.1, 0.15) is 5.15 Å². The first-order valence-corrected chi connectivity index (χ1v) is 5.40. The van der Waals surface area contributed by atoms with E-state index in [0.29, 0.717) is 11.8 Å². The number of rotatable bonds is 1. The molecule has 0 radical (unpaired) electrons. The van der Waals surface area contributed by atoms with E-state index < -0.39 is 5.69 Å². The van der Waals surface area contributed by atoms with E-state index in [1.807, 2.05) is 0 Å². The first-order chi connectivity index (χ1) is 7.00. The molecule has 4 nitrogen and oxygen atoms in total. The second-order valence-electron chi connectivity index (χ2n) is 4.27. The van der Waals surface area contributed by atoms with Crippen LogP contribution in [0.15, 0.2) is 15.7 Å². The van der Waals surface area contributed by atoms with Crippen LogP contribution in [0.5, 0.6) is 0 Å². The highest BCUT2D eigenvalue weighted by Gasteiger charge is 2.37. The Morgan fingerprint density at radius 1 is 1.47 bits per heavy atom. The minimum absolute atomic E-state index is 0.0218. The van der Waals surface area contributed by atoms with Crippen LogP contribution >= 0.6 is 11.6 Å². The van der Waals surface area contributed by atoms with Crippen LogP contribution in [0.3, 0.4) is 0 Å². The fourth-order valence-corrected chi connectivity index (χ4v) is 2.30. The molecule has 0 spiro atoms. The average molecular weight is 229 g/mol. The van der Waals surface area contributed by atoms with E-state index in [2.05, 4.69) is 18.8 Å². The summed E-state index contributed by atoms with van der Waals surface area (Å²) in [6.07, 6.45) is 0.881. The van der Waals surface area contributed by atoms with Crippen molar-refractivity contribution >= 4 is 11.6 Å². The van der Waals surface area contributed by atoms with Crippen LogP contribution in [-0.2, 0) is 0 Å². The molecule has 3 atom stereocenters. The van der Waals surface area contributed by atoms with Gasteiger partial charge in [0.2, 0.25) is 0 Å². The summed E-state index contributed by atoms with van der Waals surface area (Å²) in [5, 5.41) is 0.0984. The Bertz CT molecular complexity index is 460. The van der Waals surface area contributed by atoms with Gasteiger partial charge in [-0.05, 0) is 18.3 Å². The monoisotopic (exact) mass is 228 g/mol. The predicted octanol–water partition coefficient (Wildman–Crippen LogP) is 1.41. The molecule has 15 heavy (non-hydrogen) atoms. The summed E-state index contributed by atoms with van der Waals surface area (Å²) in [4.78, 5) is 25.6. The standard InChI is InChI=1S/C10H13ClN2O2/c1-5-3-7(6(5)2)13-9(14)4-8(11)12-10(13)15/h4-7H,3H2,1-2H3,(H,12,15). The third kappa shape index (κ3) is 1.63. The van der Waals surface area contributed by atoms with Crippen molar-refractivity contribution in [1.29, 1.82) is 0 Å². The van der Waals surface area contributed by atoms with Crippen LogP contribution in [-0.4, -0.2) is 9.55 Å². The third-order valence-electron chi connectivity index (χ3n) is 3.38.